The number of hydrogen-bond acceptors (Lipinski definition) is 2. The van der Waals surface area contributed by atoms with E-state index in [0.717, 1.165) is 0 Å². The van der Waals surface area contributed by atoms with Crippen molar-refractivity contribution in [3.8, 4) is 0 Å². The van der Waals surface area contributed by atoms with E-state index in [-0.39, 0.29) is 5.41 Å². The zero-order valence-corrected chi connectivity index (χ0v) is 10.0. The van der Waals surface area contributed by atoms with Crippen molar-refractivity contribution in [2.75, 3.05) is 18.0 Å². The maximum Gasteiger partial charge on any atom is 0.127 e. The lowest BCUT2D eigenvalue weighted by Crippen LogP contribution is -2.31. The Morgan fingerprint density at radius 2 is 1.87 bits per heavy atom. The molecule has 0 spiro atoms. The Labute approximate surface area is 91.9 Å². The number of hydrogen-bond donors (Lipinski definition) is 1. The molecule has 1 saturated heterocycles. The van der Waals surface area contributed by atoms with Crippen LogP contribution in [0.15, 0.2) is 6.20 Å². The molecule has 2 rings (SSSR count). The molecule has 1 aliphatic rings. The Kier molecular flexibility index (Phi) is 2.72. The molecule has 0 aliphatic carbocycles. The van der Waals surface area contributed by atoms with Gasteiger partial charge in [0.2, 0.25) is 0 Å². The van der Waals surface area contributed by atoms with E-state index in [1.165, 1.54) is 43.7 Å². The molecule has 1 aromatic heterocycles. The van der Waals surface area contributed by atoms with Crippen LogP contribution in [0.2, 0.25) is 0 Å². The van der Waals surface area contributed by atoms with Gasteiger partial charge >= 0.3 is 0 Å². The summed E-state index contributed by atoms with van der Waals surface area (Å²) in [5.41, 5.74) is 1.52. The van der Waals surface area contributed by atoms with Gasteiger partial charge in [0.1, 0.15) is 5.82 Å². The minimum absolute atomic E-state index is 0.180. The molecule has 0 radical (unpaired) electrons. The summed E-state index contributed by atoms with van der Waals surface area (Å²) in [4.78, 5) is 2.44. The van der Waals surface area contributed by atoms with Gasteiger partial charge in [0, 0.05) is 18.7 Å². The van der Waals surface area contributed by atoms with Crippen LogP contribution in [-0.4, -0.2) is 23.3 Å². The molecular weight excluding hydrogens is 186 g/mol. The number of aromatic nitrogens is 2. The van der Waals surface area contributed by atoms with Crippen molar-refractivity contribution in [1.82, 2.24) is 10.2 Å². The molecule has 1 N–H and O–H groups in total. The number of nitrogens with one attached hydrogen (secondary N) is 1. The summed E-state index contributed by atoms with van der Waals surface area (Å²) in [6, 6.07) is 0. The van der Waals surface area contributed by atoms with Gasteiger partial charge in [0.15, 0.2) is 0 Å². The molecule has 1 aliphatic heterocycles. The van der Waals surface area contributed by atoms with E-state index in [1.807, 2.05) is 6.20 Å². The van der Waals surface area contributed by atoms with E-state index >= 15 is 0 Å². The number of piperidine rings is 1. The van der Waals surface area contributed by atoms with E-state index in [4.69, 9.17) is 0 Å². The number of anilines is 1. The molecule has 2 heterocycles. The zero-order valence-electron chi connectivity index (χ0n) is 10.0. The topological polar surface area (TPSA) is 31.9 Å². The first-order valence-electron chi connectivity index (χ1n) is 5.88. The number of nitrogens with zero attached hydrogens (tertiary/aromatic N) is 2. The van der Waals surface area contributed by atoms with Crippen molar-refractivity contribution in [3.63, 3.8) is 0 Å². The highest BCUT2D eigenvalue weighted by Crippen LogP contribution is 2.31. The highest BCUT2D eigenvalue weighted by atomic mass is 15.3. The predicted molar refractivity (Wildman–Crippen MR) is 63.4 cm³/mol. The van der Waals surface area contributed by atoms with Crippen LogP contribution in [-0.2, 0) is 5.41 Å². The Bertz CT molecular complexity index is 316. The predicted octanol–water partition coefficient (Wildman–Crippen LogP) is 2.70. The van der Waals surface area contributed by atoms with Crippen molar-refractivity contribution >= 4 is 5.82 Å². The fourth-order valence-electron chi connectivity index (χ4n) is 2.19. The molecule has 1 fully saturated rings. The molecule has 84 valence electrons. The lowest BCUT2D eigenvalue weighted by atomic mass is 9.88. The first-order valence-corrected chi connectivity index (χ1v) is 5.88. The van der Waals surface area contributed by atoms with Gasteiger partial charge in [0.25, 0.3) is 0 Å². The molecule has 0 aromatic carbocycles. The molecular formula is C12H21N3. The first-order chi connectivity index (χ1) is 7.09. The van der Waals surface area contributed by atoms with Crippen LogP contribution in [0.4, 0.5) is 5.82 Å². The summed E-state index contributed by atoms with van der Waals surface area (Å²) in [6.07, 6.45) is 5.96. The highest BCUT2D eigenvalue weighted by Gasteiger charge is 2.23. The summed E-state index contributed by atoms with van der Waals surface area (Å²) >= 11 is 0. The van der Waals surface area contributed by atoms with Crippen molar-refractivity contribution in [3.05, 3.63) is 11.8 Å². The second-order valence-corrected chi connectivity index (χ2v) is 5.43. The van der Waals surface area contributed by atoms with E-state index < -0.39 is 0 Å². The Morgan fingerprint density at radius 3 is 2.47 bits per heavy atom. The summed E-state index contributed by atoms with van der Waals surface area (Å²) in [7, 11) is 0. The van der Waals surface area contributed by atoms with E-state index in [2.05, 4.69) is 35.9 Å². The Hall–Kier alpha value is -0.990. The first kappa shape index (κ1) is 10.5. The van der Waals surface area contributed by atoms with Crippen LogP contribution in [0.5, 0.6) is 0 Å². The molecule has 0 atom stereocenters. The summed E-state index contributed by atoms with van der Waals surface area (Å²) < 4.78 is 0. The van der Waals surface area contributed by atoms with Crippen LogP contribution in [0.3, 0.4) is 0 Å². The molecule has 3 heteroatoms. The standard InChI is InChI=1S/C12H21N3/c1-12(2,3)10-9-13-14-11(10)15-7-5-4-6-8-15/h9H,4-8H2,1-3H3,(H,13,14). The monoisotopic (exact) mass is 207 g/mol. The van der Waals surface area contributed by atoms with E-state index in [0.29, 0.717) is 0 Å². The van der Waals surface area contributed by atoms with Gasteiger partial charge in [-0.15, -0.1) is 0 Å². The van der Waals surface area contributed by atoms with Crippen molar-refractivity contribution in [2.24, 2.45) is 0 Å². The molecule has 0 unspecified atom stereocenters. The third-order valence-electron chi connectivity index (χ3n) is 3.10. The van der Waals surface area contributed by atoms with Gasteiger partial charge in [-0.25, -0.2) is 0 Å². The average molecular weight is 207 g/mol. The zero-order chi connectivity index (χ0) is 10.9. The molecule has 3 nitrogen and oxygen atoms in total. The lowest BCUT2D eigenvalue weighted by molar-refractivity contribution is 0.554. The van der Waals surface area contributed by atoms with E-state index in [9.17, 15) is 0 Å². The van der Waals surface area contributed by atoms with Crippen LogP contribution in [0, 0.1) is 0 Å². The summed E-state index contributed by atoms with van der Waals surface area (Å²) in [5.74, 6) is 1.24. The molecule has 0 bridgehead atoms. The van der Waals surface area contributed by atoms with Crippen molar-refractivity contribution < 1.29 is 0 Å². The maximum atomic E-state index is 4.20. The lowest BCUT2D eigenvalue weighted by Gasteiger charge is -2.30. The fourth-order valence-corrected chi connectivity index (χ4v) is 2.19. The number of rotatable bonds is 1. The smallest absolute Gasteiger partial charge is 0.127 e. The van der Waals surface area contributed by atoms with Gasteiger partial charge in [-0.05, 0) is 24.7 Å². The van der Waals surface area contributed by atoms with Crippen LogP contribution in [0.1, 0.15) is 45.6 Å². The third kappa shape index (κ3) is 2.16. The number of H-pyrrole nitrogens is 1. The SMILES string of the molecule is CC(C)(C)c1cn[nH]c1N1CCCCC1. The van der Waals surface area contributed by atoms with Crippen LogP contribution in [0.25, 0.3) is 0 Å². The molecule has 15 heavy (non-hydrogen) atoms. The van der Waals surface area contributed by atoms with Crippen molar-refractivity contribution in [2.45, 2.75) is 45.4 Å². The second-order valence-electron chi connectivity index (χ2n) is 5.43. The third-order valence-corrected chi connectivity index (χ3v) is 3.10. The Balaban J connectivity index is 2.24. The number of aromatic amines is 1. The van der Waals surface area contributed by atoms with Gasteiger partial charge < -0.3 is 4.90 Å². The minimum atomic E-state index is 0.180. The van der Waals surface area contributed by atoms with Crippen LogP contribution >= 0.6 is 0 Å². The molecule has 1 aromatic rings. The minimum Gasteiger partial charge on any atom is -0.357 e. The maximum absolute atomic E-state index is 4.20. The van der Waals surface area contributed by atoms with Gasteiger partial charge in [-0.3, -0.25) is 5.10 Å². The summed E-state index contributed by atoms with van der Waals surface area (Å²) in [6.45, 7) is 9.07. The van der Waals surface area contributed by atoms with Gasteiger partial charge in [0.05, 0.1) is 6.20 Å². The fraction of sp³-hybridized carbons (Fsp3) is 0.750. The van der Waals surface area contributed by atoms with Crippen LogP contribution < -0.4 is 4.90 Å². The summed E-state index contributed by atoms with van der Waals surface area (Å²) in [5, 5.41) is 7.36. The second kappa shape index (κ2) is 3.87. The largest absolute Gasteiger partial charge is 0.357 e. The quantitative estimate of drug-likeness (QED) is 0.767. The van der Waals surface area contributed by atoms with E-state index in [1.54, 1.807) is 0 Å². The van der Waals surface area contributed by atoms with Gasteiger partial charge in [-0.1, -0.05) is 20.8 Å². The molecule has 0 amide bonds. The highest BCUT2D eigenvalue weighted by molar-refractivity contribution is 5.49. The van der Waals surface area contributed by atoms with Crippen molar-refractivity contribution in [1.29, 1.82) is 0 Å². The average Bonchev–Trinajstić information content (AvgIpc) is 2.67. The van der Waals surface area contributed by atoms with Gasteiger partial charge in [-0.2, -0.15) is 5.10 Å². The normalized spacial score (nSPS) is 18.2. The molecule has 0 saturated carbocycles. The Morgan fingerprint density at radius 1 is 1.20 bits per heavy atom.